The molecule has 1 N–H and O–H groups in total. The van der Waals surface area contributed by atoms with Crippen molar-refractivity contribution in [2.75, 3.05) is 6.61 Å². The summed E-state index contributed by atoms with van der Waals surface area (Å²) in [5, 5.41) is 8.69. The van der Waals surface area contributed by atoms with Crippen molar-refractivity contribution >= 4 is 17.5 Å². The van der Waals surface area contributed by atoms with Gasteiger partial charge in [-0.2, -0.15) is 13.2 Å². The third-order valence-electron chi connectivity index (χ3n) is 4.16. The van der Waals surface area contributed by atoms with Crippen molar-refractivity contribution in [1.82, 2.24) is 4.90 Å². The Balaban J connectivity index is 2.11. The monoisotopic (exact) mass is 415 g/mol. The molecule has 4 nitrogen and oxygen atoms in total. The lowest BCUT2D eigenvalue weighted by atomic mass is 10.1. The minimum Gasteiger partial charge on any atom is -0.375 e. The van der Waals surface area contributed by atoms with Gasteiger partial charge in [-0.25, -0.2) is 0 Å². The molecule has 2 rings (SSSR count). The Morgan fingerprint density at radius 3 is 2.07 bits per heavy atom. The zero-order valence-corrected chi connectivity index (χ0v) is 16.0. The molecule has 0 bridgehead atoms. The van der Waals surface area contributed by atoms with Gasteiger partial charge in [-0.15, -0.1) is 11.6 Å². The molecule has 0 aromatic heterocycles. The van der Waals surface area contributed by atoms with Gasteiger partial charge in [0.15, 0.2) is 0 Å². The van der Waals surface area contributed by atoms with Crippen LogP contribution < -0.4 is 0 Å². The zero-order chi connectivity index (χ0) is 20.8. The molecule has 0 spiro atoms. The quantitative estimate of drug-likeness (QED) is 0.521. The van der Waals surface area contributed by atoms with Crippen molar-refractivity contribution in [3.63, 3.8) is 0 Å². The Bertz CT molecular complexity index is 754. The SMILES string of the molecule is CC(O)(N(Cc1ccccc1)C(=O)C(Cl)COCc1ccccc1)C(F)(F)F. The third-order valence-corrected chi connectivity index (χ3v) is 4.47. The summed E-state index contributed by atoms with van der Waals surface area (Å²) in [7, 11) is 0. The van der Waals surface area contributed by atoms with Gasteiger partial charge in [0.1, 0.15) is 5.38 Å². The number of ether oxygens (including phenoxy) is 1. The molecule has 2 aromatic rings. The van der Waals surface area contributed by atoms with E-state index in [-0.39, 0.29) is 13.2 Å². The number of benzene rings is 2. The normalized spacial score (nSPS) is 14.9. The largest absolute Gasteiger partial charge is 0.436 e. The molecule has 8 heteroatoms. The van der Waals surface area contributed by atoms with Gasteiger partial charge < -0.3 is 14.7 Å². The van der Waals surface area contributed by atoms with Crippen molar-refractivity contribution in [3.05, 3.63) is 71.8 Å². The molecule has 2 unspecified atom stereocenters. The fourth-order valence-corrected chi connectivity index (χ4v) is 2.67. The second kappa shape index (κ2) is 9.41. The number of alkyl halides is 4. The molecule has 0 aliphatic heterocycles. The summed E-state index contributed by atoms with van der Waals surface area (Å²) in [5.41, 5.74) is -2.12. The van der Waals surface area contributed by atoms with Crippen LogP contribution in [0.25, 0.3) is 0 Å². The molecule has 1 amide bonds. The maximum Gasteiger partial charge on any atom is 0.436 e. The van der Waals surface area contributed by atoms with E-state index in [9.17, 15) is 23.1 Å². The van der Waals surface area contributed by atoms with Crippen LogP contribution in [0.5, 0.6) is 0 Å². The summed E-state index contributed by atoms with van der Waals surface area (Å²) in [4.78, 5) is 13.0. The lowest BCUT2D eigenvalue weighted by Crippen LogP contribution is -2.60. The van der Waals surface area contributed by atoms with E-state index in [1.807, 2.05) is 18.2 Å². The average molecular weight is 416 g/mol. The van der Waals surface area contributed by atoms with Gasteiger partial charge in [0, 0.05) is 6.54 Å². The summed E-state index contributed by atoms with van der Waals surface area (Å²) in [5.74, 6) is -1.07. The van der Waals surface area contributed by atoms with Crippen molar-refractivity contribution in [1.29, 1.82) is 0 Å². The number of hydrogen-bond donors (Lipinski definition) is 1. The Morgan fingerprint density at radius 2 is 1.57 bits per heavy atom. The van der Waals surface area contributed by atoms with Crippen LogP contribution in [0.1, 0.15) is 18.1 Å². The lowest BCUT2D eigenvalue weighted by Gasteiger charge is -2.39. The highest BCUT2D eigenvalue weighted by atomic mass is 35.5. The van der Waals surface area contributed by atoms with Crippen molar-refractivity contribution in [2.45, 2.75) is 37.4 Å². The number of aliphatic hydroxyl groups is 1. The number of halogens is 4. The Hall–Kier alpha value is -2.09. The molecule has 0 saturated carbocycles. The van der Waals surface area contributed by atoms with E-state index in [1.165, 1.54) is 0 Å². The summed E-state index contributed by atoms with van der Waals surface area (Å²) < 4.78 is 45.5. The van der Waals surface area contributed by atoms with Gasteiger partial charge in [0.05, 0.1) is 13.2 Å². The topological polar surface area (TPSA) is 49.8 Å². The summed E-state index contributed by atoms with van der Waals surface area (Å²) in [6.45, 7) is -0.0590. The Labute approximate surface area is 166 Å². The van der Waals surface area contributed by atoms with E-state index < -0.39 is 29.7 Å². The molecule has 2 atom stereocenters. The van der Waals surface area contributed by atoms with Gasteiger partial charge in [-0.3, -0.25) is 4.79 Å². The highest BCUT2D eigenvalue weighted by Crippen LogP contribution is 2.35. The lowest BCUT2D eigenvalue weighted by molar-refractivity contribution is -0.303. The minimum absolute atomic E-state index is 0.158. The molecule has 0 heterocycles. The first kappa shape index (κ1) is 22.2. The van der Waals surface area contributed by atoms with Crippen LogP contribution in [0.2, 0.25) is 0 Å². The van der Waals surface area contributed by atoms with E-state index >= 15 is 0 Å². The van der Waals surface area contributed by atoms with E-state index in [1.54, 1.807) is 42.5 Å². The number of amides is 1. The standard InChI is InChI=1S/C20H21ClF3NO3/c1-19(27,20(22,23)24)25(12-15-8-4-2-5-9-15)18(26)17(21)14-28-13-16-10-6-3-7-11-16/h2-11,17,27H,12-14H2,1H3. The molecule has 2 aromatic carbocycles. The maximum absolute atomic E-state index is 13.4. The molecular formula is C20H21ClF3NO3. The smallest absolute Gasteiger partial charge is 0.375 e. The van der Waals surface area contributed by atoms with Crippen LogP contribution in [-0.2, 0) is 22.7 Å². The minimum atomic E-state index is -5.06. The van der Waals surface area contributed by atoms with Gasteiger partial charge in [0.25, 0.3) is 0 Å². The van der Waals surface area contributed by atoms with Crippen LogP contribution in [-0.4, -0.2) is 39.8 Å². The molecule has 0 radical (unpaired) electrons. The maximum atomic E-state index is 13.4. The van der Waals surface area contributed by atoms with Gasteiger partial charge in [0.2, 0.25) is 11.6 Å². The molecule has 0 fully saturated rings. The highest BCUT2D eigenvalue weighted by molar-refractivity contribution is 6.30. The van der Waals surface area contributed by atoms with Crippen molar-refractivity contribution in [2.24, 2.45) is 0 Å². The number of carbonyl (C=O) groups excluding carboxylic acids is 1. The predicted octanol–water partition coefficient (Wildman–Crippen LogP) is 4.11. The predicted molar refractivity (Wildman–Crippen MR) is 99.4 cm³/mol. The number of hydrogen-bond acceptors (Lipinski definition) is 3. The first-order valence-corrected chi connectivity index (χ1v) is 8.97. The summed E-state index contributed by atoms with van der Waals surface area (Å²) in [6, 6.07) is 17.1. The number of nitrogens with zero attached hydrogens (tertiary/aromatic N) is 1. The first-order valence-electron chi connectivity index (χ1n) is 8.53. The van der Waals surface area contributed by atoms with Crippen LogP contribution in [0.4, 0.5) is 13.2 Å². The first-order chi connectivity index (χ1) is 13.1. The van der Waals surface area contributed by atoms with Crippen LogP contribution in [0, 0.1) is 0 Å². The van der Waals surface area contributed by atoms with E-state index in [4.69, 9.17) is 16.3 Å². The second-order valence-corrected chi connectivity index (χ2v) is 6.92. The van der Waals surface area contributed by atoms with Gasteiger partial charge in [-0.1, -0.05) is 60.7 Å². The fraction of sp³-hybridized carbons (Fsp3) is 0.350. The van der Waals surface area contributed by atoms with E-state index in [0.29, 0.717) is 17.4 Å². The van der Waals surface area contributed by atoms with E-state index in [2.05, 4.69) is 0 Å². The Morgan fingerprint density at radius 1 is 1.07 bits per heavy atom. The molecule has 0 aliphatic carbocycles. The summed E-state index contributed by atoms with van der Waals surface area (Å²) >= 11 is 6.02. The van der Waals surface area contributed by atoms with Crippen LogP contribution in [0.15, 0.2) is 60.7 Å². The highest BCUT2D eigenvalue weighted by Gasteiger charge is 2.56. The Kier molecular flexibility index (Phi) is 7.46. The molecular weight excluding hydrogens is 395 g/mol. The number of rotatable bonds is 8. The van der Waals surface area contributed by atoms with Crippen molar-refractivity contribution in [3.8, 4) is 0 Å². The molecule has 152 valence electrons. The third kappa shape index (κ3) is 5.70. The second-order valence-electron chi connectivity index (χ2n) is 6.40. The van der Waals surface area contributed by atoms with E-state index in [0.717, 1.165) is 5.56 Å². The van der Waals surface area contributed by atoms with Crippen LogP contribution in [0.3, 0.4) is 0 Å². The molecule has 0 saturated heterocycles. The summed E-state index contributed by atoms with van der Waals surface area (Å²) in [6.07, 6.45) is -5.06. The average Bonchev–Trinajstić information content (AvgIpc) is 2.66. The van der Waals surface area contributed by atoms with Gasteiger partial charge >= 0.3 is 6.18 Å². The fourth-order valence-electron chi connectivity index (χ4n) is 2.46. The zero-order valence-electron chi connectivity index (χ0n) is 15.2. The van der Waals surface area contributed by atoms with Crippen molar-refractivity contribution < 1.29 is 27.8 Å². The molecule has 28 heavy (non-hydrogen) atoms. The molecule has 0 aliphatic rings. The van der Waals surface area contributed by atoms with Gasteiger partial charge in [-0.05, 0) is 18.1 Å². The number of carbonyl (C=O) groups is 1. The van der Waals surface area contributed by atoms with Crippen LogP contribution >= 0.6 is 11.6 Å².